The Morgan fingerprint density at radius 2 is 2.05 bits per heavy atom. The lowest BCUT2D eigenvalue weighted by molar-refractivity contribution is 0.360. The van der Waals surface area contributed by atoms with Gasteiger partial charge in [-0.3, -0.25) is 0 Å². The maximum Gasteiger partial charge on any atom is 0.0323 e. The molecule has 0 saturated heterocycles. The summed E-state index contributed by atoms with van der Waals surface area (Å²) in [5, 5.41) is 5.92. The molecule has 1 aromatic carbocycles. The van der Waals surface area contributed by atoms with Crippen LogP contribution in [0.15, 0.2) is 41.8 Å². The quantitative estimate of drug-likeness (QED) is 0.859. The maximum atomic E-state index is 3.76. The van der Waals surface area contributed by atoms with Gasteiger partial charge in [-0.2, -0.15) is 0 Å². The molecule has 2 heteroatoms. The fraction of sp³-hybridized carbons (Fsp3) is 0.444. The summed E-state index contributed by atoms with van der Waals surface area (Å²) < 4.78 is 0. The average molecular weight is 285 g/mol. The third kappa shape index (κ3) is 2.82. The Labute approximate surface area is 126 Å². The first-order chi connectivity index (χ1) is 9.67. The Hall–Kier alpha value is -1.12. The molecular formula is C18H23NS. The molecule has 20 heavy (non-hydrogen) atoms. The second-order valence-corrected chi connectivity index (χ2v) is 7.38. The number of benzene rings is 1. The predicted molar refractivity (Wildman–Crippen MR) is 87.5 cm³/mol. The van der Waals surface area contributed by atoms with E-state index in [4.69, 9.17) is 0 Å². The molecule has 1 aliphatic rings. The van der Waals surface area contributed by atoms with Crippen LogP contribution in [-0.4, -0.2) is 6.54 Å². The van der Waals surface area contributed by atoms with Gasteiger partial charge in [0.15, 0.2) is 0 Å². The molecule has 0 aliphatic heterocycles. The molecule has 1 heterocycles. The molecule has 1 aromatic heterocycles. The zero-order chi connectivity index (χ0) is 14.0. The van der Waals surface area contributed by atoms with Crippen LogP contribution in [0.2, 0.25) is 0 Å². The van der Waals surface area contributed by atoms with E-state index in [1.165, 1.54) is 28.8 Å². The lowest BCUT2D eigenvalue weighted by Crippen LogP contribution is -2.33. The topological polar surface area (TPSA) is 12.0 Å². The minimum atomic E-state index is 0.322. The molecule has 0 fully saturated rings. The summed E-state index contributed by atoms with van der Waals surface area (Å²) in [4.78, 5) is 1.47. The van der Waals surface area contributed by atoms with Crippen molar-refractivity contribution in [2.75, 3.05) is 6.54 Å². The smallest absolute Gasteiger partial charge is 0.0323 e. The van der Waals surface area contributed by atoms with Gasteiger partial charge in [-0.05, 0) is 47.3 Å². The van der Waals surface area contributed by atoms with Gasteiger partial charge < -0.3 is 5.32 Å². The molecule has 0 radical (unpaired) electrons. The summed E-state index contributed by atoms with van der Waals surface area (Å²) in [6.07, 6.45) is 3.65. The molecule has 1 aliphatic carbocycles. The lowest BCUT2D eigenvalue weighted by atomic mass is 9.71. The highest BCUT2D eigenvalue weighted by Gasteiger charge is 2.31. The fourth-order valence-electron chi connectivity index (χ4n) is 3.25. The van der Waals surface area contributed by atoms with Crippen molar-refractivity contribution in [3.8, 4) is 0 Å². The molecular weight excluding hydrogens is 262 g/mol. The van der Waals surface area contributed by atoms with E-state index >= 15 is 0 Å². The van der Waals surface area contributed by atoms with Gasteiger partial charge in [-0.1, -0.05) is 44.2 Å². The zero-order valence-electron chi connectivity index (χ0n) is 12.4. The first kappa shape index (κ1) is 13.8. The SMILES string of the molecule is CC1(C)CCC(NCCc2cccs2)c2ccccc21. The predicted octanol–water partition coefficient (Wildman–Crippen LogP) is 4.69. The van der Waals surface area contributed by atoms with E-state index in [2.05, 4.69) is 60.9 Å². The van der Waals surface area contributed by atoms with Gasteiger partial charge in [0.05, 0.1) is 0 Å². The van der Waals surface area contributed by atoms with Gasteiger partial charge in [-0.15, -0.1) is 11.3 Å². The number of rotatable bonds is 4. The van der Waals surface area contributed by atoms with Crippen LogP contribution >= 0.6 is 11.3 Å². The first-order valence-electron chi connectivity index (χ1n) is 7.52. The second-order valence-electron chi connectivity index (χ2n) is 6.35. The largest absolute Gasteiger partial charge is 0.310 e. The lowest BCUT2D eigenvalue weighted by Gasteiger charge is -2.37. The third-order valence-electron chi connectivity index (χ3n) is 4.47. The number of fused-ring (bicyclic) bond motifs is 1. The van der Waals surface area contributed by atoms with Crippen LogP contribution in [0.3, 0.4) is 0 Å². The van der Waals surface area contributed by atoms with E-state index in [1.54, 1.807) is 0 Å². The van der Waals surface area contributed by atoms with E-state index < -0.39 is 0 Å². The van der Waals surface area contributed by atoms with Crippen LogP contribution in [-0.2, 0) is 11.8 Å². The van der Waals surface area contributed by atoms with Crippen molar-refractivity contribution in [1.82, 2.24) is 5.32 Å². The first-order valence-corrected chi connectivity index (χ1v) is 8.40. The van der Waals surface area contributed by atoms with Crippen LogP contribution in [0.4, 0.5) is 0 Å². The van der Waals surface area contributed by atoms with Crippen LogP contribution < -0.4 is 5.32 Å². The minimum Gasteiger partial charge on any atom is -0.310 e. The summed E-state index contributed by atoms with van der Waals surface area (Å²) in [7, 11) is 0. The standard InChI is InChI=1S/C18H23NS/c1-18(2)11-9-17(15-7-3-4-8-16(15)18)19-12-10-14-6-5-13-20-14/h3-8,13,17,19H,9-12H2,1-2H3. The number of hydrogen-bond acceptors (Lipinski definition) is 2. The maximum absolute atomic E-state index is 3.76. The summed E-state index contributed by atoms with van der Waals surface area (Å²) in [5.41, 5.74) is 3.36. The van der Waals surface area contributed by atoms with Crippen molar-refractivity contribution in [2.45, 2.75) is 44.6 Å². The Kier molecular flexibility index (Phi) is 3.95. The second kappa shape index (κ2) is 5.71. The molecule has 0 spiro atoms. The monoisotopic (exact) mass is 285 g/mol. The van der Waals surface area contributed by atoms with Gasteiger partial charge in [0, 0.05) is 17.5 Å². The highest BCUT2D eigenvalue weighted by atomic mass is 32.1. The van der Waals surface area contributed by atoms with E-state index in [1.807, 2.05) is 11.3 Å². The van der Waals surface area contributed by atoms with Gasteiger partial charge in [0.1, 0.15) is 0 Å². The number of nitrogens with one attached hydrogen (secondary N) is 1. The van der Waals surface area contributed by atoms with Crippen molar-refractivity contribution in [2.24, 2.45) is 0 Å². The van der Waals surface area contributed by atoms with Crippen molar-refractivity contribution in [3.63, 3.8) is 0 Å². The molecule has 0 amide bonds. The summed E-state index contributed by atoms with van der Waals surface area (Å²) >= 11 is 1.85. The van der Waals surface area contributed by atoms with E-state index in [0.717, 1.165) is 13.0 Å². The van der Waals surface area contributed by atoms with Crippen molar-refractivity contribution in [1.29, 1.82) is 0 Å². The summed E-state index contributed by atoms with van der Waals surface area (Å²) in [6.45, 7) is 5.81. The van der Waals surface area contributed by atoms with Gasteiger partial charge in [0.2, 0.25) is 0 Å². The third-order valence-corrected chi connectivity index (χ3v) is 5.40. The molecule has 1 atom stereocenters. The van der Waals surface area contributed by atoms with Crippen molar-refractivity contribution >= 4 is 11.3 Å². The van der Waals surface area contributed by atoms with Crippen molar-refractivity contribution in [3.05, 3.63) is 57.8 Å². The van der Waals surface area contributed by atoms with Crippen LogP contribution in [0.5, 0.6) is 0 Å². The van der Waals surface area contributed by atoms with E-state index in [0.29, 0.717) is 11.5 Å². The highest BCUT2D eigenvalue weighted by molar-refractivity contribution is 7.09. The molecule has 106 valence electrons. The van der Waals surface area contributed by atoms with Crippen LogP contribution in [0, 0.1) is 0 Å². The highest BCUT2D eigenvalue weighted by Crippen LogP contribution is 2.41. The normalized spacial score (nSPS) is 20.6. The molecule has 0 saturated carbocycles. The van der Waals surface area contributed by atoms with E-state index in [-0.39, 0.29) is 0 Å². The number of hydrogen-bond donors (Lipinski definition) is 1. The molecule has 1 nitrogen and oxygen atoms in total. The molecule has 1 unspecified atom stereocenters. The zero-order valence-corrected chi connectivity index (χ0v) is 13.2. The molecule has 1 N–H and O–H groups in total. The molecule has 0 bridgehead atoms. The Bertz CT molecular complexity index is 557. The fourth-order valence-corrected chi connectivity index (χ4v) is 3.96. The van der Waals surface area contributed by atoms with E-state index in [9.17, 15) is 0 Å². The summed E-state index contributed by atoms with van der Waals surface area (Å²) in [6, 6.07) is 13.9. The Morgan fingerprint density at radius 3 is 2.85 bits per heavy atom. The average Bonchev–Trinajstić information content (AvgIpc) is 2.95. The molecule has 3 rings (SSSR count). The van der Waals surface area contributed by atoms with Crippen molar-refractivity contribution < 1.29 is 0 Å². The van der Waals surface area contributed by atoms with Gasteiger partial charge >= 0.3 is 0 Å². The van der Waals surface area contributed by atoms with Crippen LogP contribution in [0.1, 0.15) is 48.7 Å². The number of thiophene rings is 1. The summed E-state index contributed by atoms with van der Waals surface area (Å²) in [5.74, 6) is 0. The molecule has 2 aromatic rings. The Balaban J connectivity index is 1.69. The van der Waals surface area contributed by atoms with Crippen LogP contribution in [0.25, 0.3) is 0 Å². The van der Waals surface area contributed by atoms with Gasteiger partial charge in [-0.25, -0.2) is 0 Å². The minimum absolute atomic E-state index is 0.322. The Morgan fingerprint density at radius 1 is 1.20 bits per heavy atom. The van der Waals surface area contributed by atoms with Gasteiger partial charge in [0.25, 0.3) is 0 Å².